The lowest BCUT2D eigenvalue weighted by Gasteiger charge is -2.50. The number of likely N-dealkylation sites (N-methyl/N-ethyl adjacent to an activating group) is 1. The second-order valence-corrected chi connectivity index (χ2v) is 21.9. The zero-order chi connectivity index (χ0) is 49.7. The molecule has 1 saturated carbocycles. The molecule has 0 radical (unpaired) electrons. The quantitative estimate of drug-likeness (QED) is 0.0402. The number of aliphatic hydroxyl groups excluding tert-OH is 1. The van der Waals surface area contributed by atoms with Crippen LogP contribution in [0.2, 0.25) is 0 Å². The van der Waals surface area contributed by atoms with E-state index in [-0.39, 0.29) is 43.3 Å². The molecule has 0 aromatic heterocycles. The van der Waals surface area contributed by atoms with Crippen molar-refractivity contribution in [2.24, 2.45) is 10.9 Å². The van der Waals surface area contributed by atoms with E-state index in [1.54, 1.807) is 6.07 Å². The van der Waals surface area contributed by atoms with Crippen molar-refractivity contribution in [2.45, 2.75) is 132 Å². The van der Waals surface area contributed by atoms with Crippen molar-refractivity contribution in [1.29, 1.82) is 0 Å². The van der Waals surface area contributed by atoms with Crippen LogP contribution in [0.3, 0.4) is 0 Å². The summed E-state index contributed by atoms with van der Waals surface area (Å²) in [5.41, 5.74) is 8.03. The molecule has 4 aromatic rings. The zero-order valence-electron chi connectivity index (χ0n) is 42.2. The standard InChI is InChI=1S/C59H71N5O8/c1-34(2)27-58(3,68)31-61-32-63-51-11-7-8-22-69-50-25-37(13-18-49(50)67)57-59(51,70-33-64-39-9-5-6-10-39)28-46-43-26-45-52(36-12-17-47-35(23-36)20-21-62-47)38(29-60-4)24-44-48(66)19-16-41(53(44)45)54(43)56-42(55(46)72-57)15-14-40(30-65)71-56/h12-13,16-20,23-25,34,39-40,45,51-52,57,60-61,63-68H,5-6,8-10,14-15,21-22,26-33H2,1-4H3. The Morgan fingerprint density at radius 3 is 2.61 bits per heavy atom. The van der Waals surface area contributed by atoms with Gasteiger partial charge in [0.1, 0.15) is 35.0 Å². The normalized spacial score (nSPS) is 25.4. The van der Waals surface area contributed by atoms with Gasteiger partial charge < -0.3 is 50.0 Å². The van der Waals surface area contributed by atoms with E-state index in [4.69, 9.17) is 23.9 Å². The SMILES string of the molecule is CNCC1=Cc2c(O)ccc3c2C(Cc2c4c(c5c(c2-3)OC(CO)CC5)OC2c3ccc(O)c(c3)OCCC#CC(NCNCC(C)(O)CC(C)C)C2(OCNC2CCCC2)C4)C1c1ccc2c(c1)=CCN=2. The Kier molecular flexibility index (Phi) is 13.6. The van der Waals surface area contributed by atoms with Gasteiger partial charge in [0.05, 0.1) is 37.4 Å². The zero-order valence-corrected chi connectivity index (χ0v) is 42.2. The van der Waals surface area contributed by atoms with Gasteiger partial charge in [0, 0.05) is 66.8 Å². The van der Waals surface area contributed by atoms with E-state index >= 15 is 0 Å². The first kappa shape index (κ1) is 48.8. The second kappa shape index (κ2) is 20.1. The van der Waals surface area contributed by atoms with Crippen LogP contribution in [0.1, 0.15) is 123 Å². The van der Waals surface area contributed by atoms with Crippen LogP contribution in [0, 0.1) is 17.8 Å². The number of phenols is 2. The predicted molar refractivity (Wildman–Crippen MR) is 278 cm³/mol. The first-order valence-corrected chi connectivity index (χ1v) is 26.4. The van der Waals surface area contributed by atoms with Crippen molar-refractivity contribution in [3.05, 3.63) is 104 Å². The van der Waals surface area contributed by atoms with Crippen molar-refractivity contribution in [2.75, 3.05) is 53.3 Å². The number of nitrogens with one attached hydrogen (secondary N) is 4. The van der Waals surface area contributed by atoms with Gasteiger partial charge in [0.25, 0.3) is 0 Å². The van der Waals surface area contributed by atoms with Crippen molar-refractivity contribution in [3.8, 4) is 51.7 Å². The second-order valence-electron chi connectivity index (χ2n) is 21.9. The number of fused-ring (bicyclic) bond motifs is 12. The molecule has 0 saturated heterocycles. The molecule has 7 aliphatic rings. The topological polar surface area (TPSA) is 178 Å². The van der Waals surface area contributed by atoms with Crippen LogP contribution >= 0.6 is 0 Å². The van der Waals surface area contributed by atoms with Gasteiger partial charge in [-0.15, -0.1) is 0 Å². The maximum Gasteiger partial charge on any atom is 0.161 e. The van der Waals surface area contributed by atoms with E-state index < -0.39 is 29.5 Å². The van der Waals surface area contributed by atoms with Gasteiger partial charge >= 0.3 is 0 Å². The Hall–Kier alpha value is -5.43. The highest BCUT2D eigenvalue weighted by Gasteiger charge is 2.55. The molecular formula is C59H71N5O8. The van der Waals surface area contributed by atoms with Crippen molar-refractivity contribution >= 4 is 12.2 Å². The van der Waals surface area contributed by atoms with E-state index in [0.717, 1.165) is 73.7 Å². The number of rotatable bonds is 15. The van der Waals surface area contributed by atoms with Gasteiger partial charge in [-0.3, -0.25) is 15.6 Å². The van der Waals surface area contributed by atoms with E-state index in [0.29, 0.717) is 88.3 Å². The molecule has 0 amide bonds. The Bertz CT molecular complexity index is 2950. The molecule has 3 aliphatic carbocycles. The maximum atomic E-state index is 11.8. The summed E-state index contributed by atoms with van der Waals surface area (Å²) in [6.45, 7) is 8.53. The minimum absolute atomic E-state index is 0.0345. The van der Waals surface area contributed by atoms with Crippen LogP contribution in [0.15, 0.2) is 59.1 Å². The van der Waals surface area contributed by atoms with Gasteiger partial charge in [-0.2, -0.15) is 0 Å². The number of benzene rings is 4. The number of aromatic hydroxyl groups is 2. The molecule has 2 bridgehead atoms. The summed E-state index contributed by atoms with van der Waals surface area (Å²) in [7, 11) is 1.98. The molecule has 72 heavy (non-hydrogen) atoms. The van der Waals surface area contributed by atoms with Gasteiger partial charge in [-0.05, 0) is 139 Å². The molecule has 380 valence electrons. The molecule has 11 rings (SSSR count). The van der Waals surface area contributed by atoms with Crippen molar-refractivity contribution < 1.29 is 39.4 Å². The number of nitrogens with zero attached hydrogens (tertiary/aromatic N) is 1. The highest BCUT2D eigenvalue weighted by Crippen LogP contribution is 2.61. The molecule has 13 heteroatoms. The first-order valence-electron chi connectivity index (χ1n) is 26.4. The highest BCUT2D eigenvalue weighted by atomic mass is 16.6. The third-order valence-corrected chi connectivity index (χ3v) is 16.2. The number of ether oxygens (including phenoxy) is 4. The van der Waals surface area contributed by atoms with E-state index in [2.05, 4.69) is 83.4 Å². The van der Waals surface area contributed by atoms with Gasteiger partial charge in [0.15, 0.2) is 17.6 Å². The summed E-state index contributed by atoms with van der Waals surface area (Å²) in [5, 5.41) is 61.8. The van der Waals surface area contributed by atoms with E-state index in [1.807, 2.05) is 32.2 Å². The van der Waals surface area contributed by atoms with E-state index in [1.165, 1.54) is 24.0 Å². The number of hydrogen-bond donors (Lipinski definition) is 8. The number of aliphatic hydroxyl groups is 2. The summed E-state index contributed by atoms with van der Waals surface area (Å²) < 4.78 is 28.5. The lowest BCUT2D eigenvalue weighted by atomic mass is 9.62. The summed E-state index contributed by atoms with van der Waals surface area (Å²) in [6, 6.07) is 15.7. The number of phenolic OH excluding ortho intramolecular Hbond substituents is 2. The van der Waals surface area contributed by atoms with E-state index in [9.17, 15) is 20.4 Å². The summed E-state index contributed by atoms with van der Waals surface area (Å²) in [6.07, 6.45) is 11.0. The molecule has 7 atom stereocenters. The van der Waals surface area contributed by atoms with Crippen LogP contribution in [-0.2, 0) is 24.0 Å². The Labute approximate surface area is 423 Å². The Balaban J connectivity index is 1.12. The molecule has 4 aliphatic heterocycles. The number of hydrogen-bond acceptors (Lipinski definition) is 13. The average molecular weight is 978 g/mol. The van der Waals surface area contributed by atoms with Crippen molar-refractivity contribution in [1.82, 2.24) is 21.3 Å². The summed E-state index contributed by atoms with van der Waals surface area (Å²) >= 11 is 0. The minimum Gasteiger partial charge on any atom is -0.507 e. The van der Waals surface area contributed by atoms with Crippen LogP contribution < -0.4 is 46.1 Å². The third-order valence-electron chi connectivity index (χ3n) is 16.2. The molecular weight excluding hydrogens is 907 g/mol. The predicted octanol–water partition coefficient (Wildman–Crippen LogP) is 5.91. The third kappa shape index (κ3) is 9.07. The molecule has 4 aromatic carbocycles. The summed E-state index contributed by atoms with van der Waals surface area (Å²) in [5.74, 6) is 9.40. The van der Waals surface area contributed by atoms with Crippen LogP contribution in [0.25, 0.3) is 23.3 Å². The van der Waals surface area contributed by atoms with Crippen LogP contribution in [0.4, 0.5) is 0 Å². The lowest BCUT2D eigenvalue weighted by molar-refractivity contribution is -0.143. The van der Waals surface area contributed by atoms with Crippen LogP contribution in [-0.4, -0.2) is 103 Å². The van der Waals surface area contributed by atoms with Crippen molar-refractivity contribution in [3.63, 3.8) is 0 Å². The van der Waals surface area contributed by atoms with Gasteiger partial charge in [0.2, 0.25) is 0 Å². The fourth-order valence-electron chi connectivity index (χ4n) is 13.2. The fraction of sp³-hybridized carbons (Fsp3) is 0.508. The fourth-order valence-corrected chi connectivity index (χ4v) is 13.2. The molecule has 0 spiro atoms. The molecule has 7 unspecified atom stereocenters. The summed E-state index contributed by atoms with van der Waals surface area (Å²) in [4.78, 5) is 4.73. The van der Waals surface area contributed by atoms with Crippen LogP contribution in [0.5, 0.6) is 28.7 Å². The Morgan fingerprint density at radius 2 is 1.79 bits per heavy atom. The Morgan fingerprint density at radius 1 is 0.958 bits per heavy atom. The molecule has 13 nitrogen and oxygen atoms in total. The molecule has 1 fully saturated rings. The maximum absolute atomic E-state index is 11.8. The largest absolute Gasteiger partial charge is 0.507 e. The average Bonchev–Trinajstić information content (AvgIpc) is 4.07. The highest BCUT2D eigenvalue weighted by molar-refractivity contribution is 5.89. The smallest absolute Gasteiger partial charge is 0.161 e. The molecule has 8 N–H and O–H groups in total. The van der Waals surface area contributed by atoms with Gasteiger partial charge in [-0.1, -0.05) is 62.8 Å². The van der Waals surface area contributed by atoms with Gasteiger partial charge in [-0.25, -0.2) is 0 Å². The monoisotopic (exact) mass is 978 g/mol. The molecule has 4 heterocycles. The first-order chi connectivity index (χ1) is 34.9. The lowest BCUT2D eigenvalue weighted by Crippen LogP contribution is -2.62. The minimum atomic E-state index is -1.18.